The Balaban J connectivity index is 2.02. The number of rotatable bonds is 5. The summed E-state index contributed by atoms with van der Waals surface area (Å²) in [6.07, 6.45) is 2.98. The molecule has 1 heterocycles. The van der Waals surface area contributed by atoms with Gasteiger partial charge in [-0.1, -0.05) is 36.9 Å². The van der Waals surface area contributed by atoms with E-state index in [1.807, 2.05) is 36.4 Å². The van der Waals surface area contributed by atoms with Crippen LogP contribution in [0.5, 0.6) is 0 Å². The summed E-state index contributed by atoms with van der Waals surface area (Å²) in [6, 6.07) is 18.1. The van der Waals surface area contributed by atoms with Crippen molar-refractivity contribution < 1.29 is 9.18 Å². The van der Waals surface area contributed by atoms with Crippen molar-refractivity contribution in [1.29, 1.82) is 0 Å². The van der Waals surface area contributed by atoms with Gasteiger partial charge in [-0.05, 0) is 53.1 Å². The summed E-state index contributed by atoms with van der Waals surface area (Å²) in [4.78, 5) is 15.9. The second kappa shape index (κ2) is 7.53. The predicted molar refractivity (Wildman–Crippen MR) is 97.1 cm³/mol. The van der Waals surface area contributed by atoms with Gasteiger partial charge in [-0.2, -0.15) is 0 Å². The average molecular weight is 332 g/mol. The number of carbonyl (C=O) groups is 1. The monoisotopic (exact) mass is 332 g/mol. The van der Waals surface area contributed by atoms with Crippen LogP contribution >= 0.6 is 0 Å². The highest BCUT2D eigenvalue weighted by atomic mass is 19.1. The lowest BCUT2D eigenvalue weighted by Crippen LogP contribution is -2.20. The van der Waals surface area contributed by atoms with Crippen molar-refractivity contribution >= 4 is 5.91 Å². The van der Waals surface area contributed by atoms with Crippen molar-refractivity contribution in [1.82, 2.24) is 10.3 Å². The minimum Gasteiger partial charge on any atom is -0.348 e. The summed E-state index contributed by atoms with van der Waals surface area (Å²) in [7, 11) is 0. The lowest BCUT2D eigenvalue weighted by Gasteiger charge is -2.12. The molecule has 3 rings (SSSR count). The third-order valence-corrected chi connectivity index (χ3v) is 3.85. The van der Waals surface area contributed by atoms with Crippen LogP contribution in [0.2, 0.25) is 0 Å². The quantitative estimate of drug-likeness (QED) is 0.706. The molecule has 4 heteroatoms. The summed E-state index contributed by atoms with van der Waals surface area (Å²) in [5.41, 5.74) is 4.47. The molecule has 1 amide bonds. The van der Waals surface area contributed by atoms with Gasteiger partial charge in [-0.3, -0.25) is 9.78 Å². The van der Waals surface area contributed by atoms with Crippen molar-refractivity contribution in [2.45, 2.75) is 6.54 Å². The molecule has 3 aromatic rings. The van der Waals surface area contributed by atoms with Gasteiger partial charge in [0.25, 0.3) is 0 Å². The van der Waals surface area contributed by atoms with E-state index in [9.17, 15) is 9.18 Å². The number of pyridine rings is 1. The maximum atomic E-state index is 13.2. The lowest BCUT2D eigenvalue weighted by atomic mass is 9.98. The van der Waals surface area contributed by atoms with Gasteiger partial charge in [-0.25, -0.2) is 4.39 Å². The molecule has 0 aliphatic carbocycles. The molecule has 0 bridgehead atoms. The fraction of sp³-hybridized carbons (Fsp3) is 0.0476. The molecule has 0 aliphatic heterocycles. The molecule has 0 unspecified atom stereocenters. The number of benzene rings is 2. The first-order valence-corrected chi connectivity index (χ1v) is 7.88. The molecular weight excluding hydrogens is 315 g/mol. The van der Waals surface area contributed by atoms with Crippen LogP contribution in [0, 0.1) is 5.82 Å². The fourth-order valence-corrected chi connectivity index (χ4v) is 2.54. The van der Waals surface area contributed by atoms with Crippen LogP contribution in [0.15, 0.2) is 79.5 Å². The van der Waals surface area contributed by atoms with Gasteiger partial charge >= 0.3 is 0 Å². The third-order valence-electron chi connectivity index (χ3n) is 3.85. The molecule has 2 aromatic carbocycles. The van der Waals surface area contributed by atoms with Gasteiger partial charge in [0.15, 0.2) is 0 Å². The zero-order valence-corrected chi connectivity index (χ0v) is 13.6. The molecular formula is C21H17FN2O. The van der Waals surface area contributed by atoms with Crippen molar-refractivity contribution in [2.24, 2.45) is 0 Å². The third kappa shape index (κ3) is 3.98. The Hall–Kier alpha value is -3.27. The summed E-state index contributed by atoms with van der Waals surface area (Å²) in [6.45, 7) is 3.81. The number of halogens is 1. The van der Waals surface area contributed by atoms with Crippen molar-refractivity contribution in [2.75, 3.05) is 0 Å². The maximum absolute atomic E-state index is 13.2. The molecule has 0 radical (unpaired) electrons. The van der Waals surface area contributed by atoms with E-state index in [-0.39, 0.29) is 11.7 Å². The Morgan fingerprint density at radius 2 is 1.80 bits per heavy atom. The Morgan fingerprint density at radius 1 is 1.08 bits per heavy atom. The molecule has 0 fully saturated rings. The SMILES string of the molecule is C=CC(=O)NCc1cnc(-c2ccc(F)cc2)cc1-c1ccccc1. The smallest absolute Gasteiger partial charge is 0.243 e. The lowest BCUT2D eigenvalue weighted by molar-refractivity contribution is -0.116. The van der Waals surface area contributed by atoms with Crippen molar-refractivity contribution in [3.05, 3.63) is 90.9 Å². The first-order valence-electron chi connectivity index (χ1n) is 7.88. The van der Waals surface area contributed by atoms with Crippen LogP contribution in [0.25, 0.3) is 22.4 Å². The molecule has 0 saturated carbocycles. The van der Waals surface area contributed by atoms with Crippen LogP contribution in [0.1, 0.15) is 5.56 Å². The Bertz CT molecular complexity index is 890. The second-order valence-electron chi connectivity index (χ2n) is 5.52. The van der Waals surface area contributed by atoms with Crippen molar-refractivity contribution in [3.8, 4) is 22.4 Å². The van der Waals surface area contributed by atoms with Gasteiger partial charge < -0.3 is 5.32 Å². The summed E-state index contributed by atoms with van der Waals surface area (Å²) in [5.74, 6) is -0.516. The average Bonchev–Trinajstić information content (AvgIpc) is 2.67. The topological polar surface area (TPSA) is 42.0 Å². The largest absolute Gasteiger partial charge is 0.348 e. The number of aromatic nitrogens is 1. The predicted octanol–water partition coefficient (Wildman–Crippen LogP) is 4.36. The second-order valence-corrected chi connectivity index (χ2v) is 5.52. The normalized spacial score (nSPS) is 10.3. The molecule has 0 aliphatic rings. The molecule has 0 spiro atoms. The zero-order chi connectivity index (χ0) is 17.6. The Labute approximate surface area is 145 Å². The van der Waals surface area contributed by atoms with Gasteiger partial charge in [0.2, 0.25) is 5.91 Å². The van der Waals surface area contributed by atoms with E-state index < -0.39 is 0 Å². The highest BCUT2D eigenvalue weighted by molar-refractivity contribution is 5.87. The van der Waals surface area contributed by atoms with E-state index in [0.717, 1.165) is 27.9 Å². The summed E-state index contributed by atoms with van der Waals surface area (Å²) < 4.78 is 13.2. The summed E-state index contributed by atoms with van der Waals surface area (Å²) in [5, 5.41) is 2.78. The molecule has 0 saturated heterocycles. The Morgan fingerprint density at radius 3 is 2.48 bits per heavy atom. The zero-order valence-electron chi connectivity index (χ0n) is 13.6. The van der Waals surface area contributed by atoms with Crippen LogP contribution in [-0.2, 0) is 11.3 Å². The standard InChI is InChI=1S/C21H17FN2O/c1-2-21(25)24-14-17-13-23-20(16-8-10-18(22)11-9-16)12-19(17)15-6-4-3-5-7-15/h2-13H,1,14H2,(H,24,25). The number of amides is 1. The first kappa shape index (κ1) is 16.6. The highest BCUT2D eigenvalue weighted by Gasteiger charge is 2.10. The van der Waals surface area contributed by atoms with E-state index in [1.165, 1.54) is 18.2 Å². The van der Waals surface area contributed by atoms with Crippen LogP contribution in [0.3, 0.4) is 0 Å². The number of hydrogen-bond acceptors (Lipinski definition) is 2. The number of hydrogen-bond donors (Lipinski definition) is 1. The van der Waals surface area contributed by atoms with Gasteiger partial charge in [0, 0.05) is 18.3 Å². The minimum absolute atomic E-state index is 0.235. The van der Waals surface area contributed by atoms with Crippen molar-refractivity contribution in [3.63, 3.8) is 0 Å². The van der Waals surface area contributed by atoms with Gasteiger partial charge in [0.1, 0.15) is 5.82 Å². The number of nitrogens with one attached hydrogen (secondary N) is 1. The van der Waals surface area contributed by atoms with Crippen LogP contribution < -0.4 is 5.32 Å². The highest BCUT2D eigenvalue weighted by Crippen LogP contribution is 2.28. The fourth-order valence-electron chi connectivity index (χ4n) is 2.54. The first-order chi connectivity index (χ1) is 12.2. The molecule has 0 atom stereocenters. The maximum Gasteiger partial charge on any atom is 0.243 e. The molecule has 1 aromatic heterocycles. The van der Waals surface area contributed by atoms with Gasteiger partial charge in [-0.15, -0.1) is 0 Å². The van der Waals surface area contributed by atoms with Crippen LogP contribution in [-0.4, -0.2) is 10.9 Å². The molecule has 124 valence electrons. The number of carbonyl (C=O) groups excluding carboxylic acids is 1. The van der Waals surface area contributed by atoms with E-state index in [4.69, 9.17) is 0 Å². The van der Waals surface area contributed by atoms with E-state index in [1.54, 1.807) is 18.3 Å². The van der Waals surface area contributed by atoms with Crippen LogP contribution in [0.4, 0.5) is 4.39 Å². The van der Waals surface area contributed by atoms with E-state index in [2.05, 4.69) is 16.9 Å². The molecule has 25 heavy (non-hydrogen) atoms. The summed E-state index contributed by atoms with van der Waals surface area (Å²) >= 11 is 0. The van der Waals surface area contributed by atoms with Gasteiger partial charge in [0.05, 0.1) is 5.69 Å². The van der Waals surface area contributed by atoms with E-state index >= 15 is 0 Å². The van der Waals surface area contributed by atoms with E-state index in [0.29, 0.717) is 6.54 Å². The molecule has 1 N–H and O–H groups in total. The molecule has 3 nitrogen and oxygen atoms in total. The minimum atomic E-state index is -0.282. The Kier molecular flexibility index (Phi) is 5.00. The number of nitrogens with zero attached hydrogens (tertiary/aromatic N) is 1.